The number of nitrogens with one attached hydrogen (secondary N) is 1. The number of hydrogen-bond acceptors (Lipinski definition) is 1. The second kappa shape index (κ2) is 5.11. The summed E-state index contributed by atoms with van der Waals surface area (Å²) < 4.78 is 26.7. The summed E-state index contributed by atoms with van der Waals surface area (Å²) in [4.78, 5) is 0. The Bertz CT molecular complexity index is 145. The summed E-state index contributed by atoms with van der Waals surface area (Å²) in [5, 5.41) is 2.89. The van der Waals surface area contributed by atoms with Gasteiger partial charge in [-0.05, 0) is 19.4 Å². The van der Waals surface area contributed by atoms with Crippen LogP contribution in [0, 0.1) is 5.92 Å². The van der Waals surface area contributed by atoms with E-state index in [0.29, 0.717) is 6.42 Å². The van der Waals surface area contributed by atoms with Gasteiger partial charge in [-0.3, -0.25) is 0 Å². The number of alkyl halides is 2. The van der Waals surface area contributed by atoms with Gasteiger partial charge in [0.1, 0.15) is 0 Å². The zero-order chi connectivity index (χ0) is 9.19. The largest absolute Gasteiger partial charge is 0.309 e. The lowest BCUT2D eigenvalue weighted by Crippen LogP contribution is -2.50. The van der Waals surface area contributed by atoms with Crippen molar-refractivity contribution in [2.45, 2.75) is 45.1 Å². The van der Waals surface area contributed by atoms with Gasteiger partial charge in [-0.1, -0.05) is 20.3 Å². The second-order valence-corrected chi connectivity index (χ2v) is 3.83. The fourth-order valence-electron chi connectivity index (χ4n) is 1.58. The number of piperidine rings is 1. The van der Waals surface area contributed by atoms with E-state index in [1.165, 1.54) is 0 Å². The first-order valence-electron chi connectivity index (χ1n) is 4.66. The first kappa shape index (κ1) is 13.1. The summed E-state index contributed by atoms with van der Waals surface area (Å²) in [6, 6.07) is -0.591. The van der Waals surface area contributed by atoms with Crippen molar-refractivity contribution in [3.63, 3.8) is 0 Å². The molecule has 0 amide bonds. The zero-order valence-corrected chi connectivity index (χ0v) is 8.96. The molecule has 0 aromatic heterocycles. The van der Waals surface area contributed by atoms with Crippen molar-refractivity contribution in [3.05, 3.63) is 0 Å². The normalized spacial score (nSPS) is 24.2. The van der Waals surface area contributed by atoms with Crippen molar-refractivity contribution >= 4 is 12.4 Å². The van der Waals surface area contributed by atoms with Gasteiger partial charge in [-0.2, -0.15) is 0 Å². The van der Waals surface area contributed by atoms with Crippen molar-refractivity contribution < 1.29 is 8.78 Å². The molecule has 1 aliphatic rings. The molecule has 0 aliphatic carbocycles. The average Bonchev–Trinajstić information content (AvgIpc) is 2.06. The van der Waals surface area contributed by atoms with Crippen LogP contribution in [0.25, 0.3) is 0 Å². The van der Waals surface area contributed by atoms with E-state index in [-0.39, 0.29) is 12.4 Å². The molecule has 13 heavy (non-hydrogen) atoms. The van der Waals surface area contributed by atoms with Crippen LogP contribution in [0.2, 0.25) is 0 Å². The molecule has 0 aromatic rings. The summed E-state index contributed by atoms with van der Waals surface area (Å²) in [6.45, 7) is 3.90. The van der Waals surface area contributed by atoms with E-state index >= 15 is 0 Å². The molecule has 0 aromatic carbocycles. The van der Waals surface area contributed by atoms with Crippen LogP contribution in [0.3, 0.4) is 0 Å². The lowest BCUT2D eigenvalue weighted by atomic mass is 9.92. The minimum absolute atomic E-state index is 0. The third-order valence-electron chi connectivity index (χ3n) is 2.54. The smallest absolute Gasteiger partial charge is 0.265 e. The second-order valence-electron chi connectivity index (χ2n) is 3.83. The van der Waals surface area contributed by atoms with Crippen LogP contribution in [0.5, 0.6) is 0 Å². The van der Waals surface area contributed by atoms with E-state index in [4.69, 9.17) is 0 Å². The van der Waals surface area contributed by atoms with Crippen LogP contribution in [0.4, 0.5) is 8.78 Å². The van der Waals surface area contributed by atoms with Crippen LogP contribution in [0.15, 0.2) is 0 Å². The molecule has 0 saturated carbocycles. The van der Waals surface area contributed by atoms with E-state index < -0.39 is 17.9 Å². The Labute approximate surface area is 84.7 Å². The van der Waals surface area contributed by atoms with Crippen molar-refractivity contribution in [2.24, 2.45) is 5.92 Å². The van der Waals surface area contributed by atoms with E-state index in [0.717, 1.165) is 19.4 Å². The van der Waals surface area contributed by atoms with E-state index in [2.05, 4.69) is 5.32 Å². The summed E-state index contributed by atoms with van der Waals surface area (Å²) >= 11 is 0. The van der Waals surface area contributed by atoms with Crippen LogP contribution in [0.1, 0.15) is 33.1 Å². The molecule has 1 saturated heterocycles. The van der Waals surface area contributed by atoms with Crippen LogP contribution in [-0.4, -0.2) is 18.5 Å². The summed E-state index contributed by atoms with van der Waals surface area (Å²) in [5.74, 6) is -3.10. The monoisotopic (exact) mass is 213 g/mol. The van der Waals surface area contributed by atoms with Gasteiger partial charge in [0.2, 0.25) is 0 Å². The zero-order valence-electron chi connectivity index (χ0n) is 8.15. The maximum Gasteiger partial charge on any atom is 0.265 e. The average molecular weight is 214 g/mol. The predicted molar refractivity (Wildman–Crippen MR) is 52.7 cm³/mol. The summed E-state index contributed by atoms with van der Waals surface area (Å²) in [6.07, 6.45) is 2.58. The predicted octanol–water partition coefficient (Wildman–Crippen LogP) is 2.84. The molecule has 1 unspecified atom stereocenters. The Morgan fingerprint density at radius 3 is 2.31 bits per heavy atom. The third-order valence-corrected chi connectivity index (χ3v) is 2.54. The first-order valence-corrected chi connectivity index (χ1v) is 4.66. The summed E-state index contributed by atoms with van der Waals surface area (Å²) in [5.41, 5.74) is 0. The van der Waals surface area contributed by atoms with E-state index in [9.17, 15) is 8.78 Å². The molecular weight excluding hydrogens is 196 g/mol. The Hall–Kier alpha value is 0.110. The highest BCUT2D eigenvalue weighted by atomic mass is 35.5. The molecule has 1 fully saturated rings. The highest BCUT2D eigenvalue weighted by molar-refractivity contribution is 5.85. The van der Waals surface area contributed by atoms with Crippen molar-refractivity contribution in [3.8, 4) is 0 Å². The quantitative estimate of drug-likeness (QED) is 0.744. The standard InChI is InChI=1S/C9H17F2N.ClH/c1-7(2)9(10,11)8-5-3-4-6-12-8;/h7-8,12H,3-6H2,1-2H3;1H. The van der Waals surface area contributed by atoms with E-state index in [1.807, 2.05) is 0 Å². The Kier molecular flexibility index (Phi) is 5.15. The fraction of sp³-hybridized carbons (Fsp3) is 1.00. The molecule has 1 heterocycles. The molecule has 0 bridgehead atoms. The minimum atomic E-state index is -2.54. The Morgan fingerprint density at radius 2 is 1.92 bits per heavy atom. The van der Waals surface area contributed by atoms with Crippen molar-refractivity contribution in [1.82, 2.24) is 5.32 Å². The Balaban J connectivity index is 0.00000144. The number of hydrogen-bond donors (Lipinski definition) is 1. The van der Waals surface area contributed by atoms with Gasteiger partial charge in [-0.15, -0.1) is 12.4 Å². The maximum absolute atomic E-state index is 13.4. The van der Waals surface area contributed by atoms with Gasteiger partial charge in [0.15, 0.2) is 0 Å². The fourth-order valence-corrected chi connectivity index (χ4v) is 1.58. The maximum atomic E-state index is 13.4. The SMILES string of the molecule is CC(C)C(F)(F)C1CCCCN1.Cl. The van der Waals surface area contributed by atoms with Crippen LogP contribution >= 0.6 is 12.4 Å². The third kappa shape index (κ3) is 3.06. The molecule has 0 radical (unpaired) electrons. The van der Waals surface area contributed by atoms with E-state index in [1.54, 1.807) is 13.8 Å². The van der Waals surface area contributed by atoms with Crippen LogP contribution in [-0.2, 0) is 0 Å². The molecule has 4 heteroatoms. The number of halogens is 3. The van der Waals surface area contributed by atoms with Crippen molar-refractivity contribution in [1.29, 1.82) is 0 Å². The van der Waals surface area contributed by atoms with Gasteiger partial charge >= 0.3 is 0 Å². The highest BCUT2D eigenvalue weighted by Gasteiger charge is 2.42. The molecule has 0 spiro atoms. The molecule has 1 rings (SSSR count). The molecular formula is C9H18ClF2N. The van der Waals surface area contributed by atoms with Gasteiger partial charge in [0, 0.05) is 5.92 Å². The molecule has 1 aliphatic heterocycles. The van der Waals surface area contributed by atoms with Gasteiger partial charge in [-0.25, -0.2) is 8.78 Å². The molecule has 1 atom stereocenters. The summed E-state index contributed by atoms with van der Waals surface area (Å²) in [7, 11) is 0. The lowest BCUT2D eigenvalue weighted by molar-refractivity contribution is -0.0840. The van der Waals surface area contributed by atoms with Gasteiger partial charge < -0.3 is 5.32 Å². The minimum Gasteiger partial charge on any atom is -0.309 e. The van der Waals surface area contributed by atoms with Gasteiger partial charge in [0.25, 0.3) is 5.92 Å². The lowest BCUT2D eigenvalue weighted by Gasteiger charge is -2.33. The first-order chi connectivity index (χ1) is 5.55. The van der Waals surface area contributed by atoms with Gasteiger partial charge in [0.05, 0.1) is 6.04 Å². The molecule has 1 N–H and O–H groups in total. The molecule has 80 valence electrons. The topological polar surface area (TPSA) is 12.0 Å². The van der Waals surface area contributed by atoms with Crippen LogP contribution < -0.4 is 5.32 Å². The number of rotatable bonds is 2. The molecule has 1 nitrogen and oxygen atoms in total. The highest BCUT2D eigenvalue weighted by Crippen LogP contribution is 2.31. The van der Waals surface area contributed by atoms with Crippen molar-refractivity contribution in [2.75, 3.05) is 6.54 Å². The Morgan fingerprint density at radius 1 is 1.31 bits per heavy atom.